The number of allylic oxidation sites excluding steroid dienone is 1. The first kappa shape index (κ1) is 7.92. The van der Waals surface area contributed by atoms with Gasteiger partial charge in [-0.1, -0.05) is 17.7 Å². The second-order valence-corrected chi connectivity index (χ2v) is 3.03. The molecule has 0 saturated heterocycles. The van der Waals surface area contributed by atoms with Gasteiger partial charge in [-0.05, 0) is 19.1 Å². The van der Waals surface area contributed by atoms with E-state index in [9.17, 15) is 0 Å². The van der Waals surface area contributed by atoms with Gasteiger partial charge in [0.15, 0.2) is 0 Å². The summed E-state index contributed by atoms with van der Waals surface area (Å²) in [6.45, 7) is 2.07. The second kappa shape index (κ2) is 2.98. The van der Waals surface area contributed by atoms with Crippen LogP contribution in [0, 0.1) is 12.3 Å². The first-order valence-corrected chi connectivity index (χ1v) is 4.18. The van der Waals surface area contributed by atoms with E-state index in [-0.39, 0.29) is 0 Å². The molecule has 0 atom stereocenters. The van der Waals surface area contributed by atoms with Gasteiger partial charge < -0.3 is 5.41 Å². The fraction of sp³-hybridized carbons (Fsp3) is 0.0909. The minimum Gasteiger partial charge on any atom is -0.309 e. The van der Waals surface area contributed by atoms with Crippen LogP contribution < -0.4 is 5.36 Å². The number of hydrogen-bond donors (Lipinski definition) is 1. The van der Waals surface area contributed by atoms with Crippen molar-refractivity contribution in [1.29, 1.82) is 5.41 Å². The van der Waals surface area contributed by atoms with E-state index in [1.807, 2.05) is 0 Å². The predicted octanol–water partition coefficient (Wildman–Crippen LogP) is 2.09. The van der Waals surface area contributed by atoms with Gasteiger partial charge in [-0.25, -0.2) is 0 Å². The van der Waals surface area contributed by atoms with Gasteiger partial charge in [-0.15, -0.1) is 0 Å². The molecule has 0 aliphatic rings. The normalized spacial score (nSPS) is 13.5. The second-order valence-electron chi connectivity index (χ2n) is 3.03. The maximum Gasteiger partial charge on any atom is 0.0787 e. The van der Waals surface area contributed by atoms with Gasteiger partial charge in [0.2, 0.25) is 0 Å². The Balaban J connectivity index is 2.41. The Morgan fingerprint density at radius 3 is 2.85 bits per heavy atom. The van der Waals surface area contributed by atoms with Gasteiger partial charge in [0, 0.05) is 23.2 Å². The quantitative estimate of drug-likeness (QED) is 0.670. The summed E-state index contributed by atoms with van der Waals surface area (Å²) in [5.74, 6) is 0. The Bertz CT molecular complexity index is 497. The van der Waals surface area contributed by atoms with Crippen molar-refractivity contribution in [2.24, 2.45) is 4.99 Å². The summed E-state index contributed by atoms with van der Waals surface area (Å²) in [7, 11) is 0. The average Bonchev–Trinajstić information content (AvgIpc) is 2.79. The molecule has 2 nitrogen and oxygen atoms in total. The highest BCUT2D eigenvalue weighted by atomic mass is 14.7. The lowest BCUT2D eigenvalue weighted by Gasteiger charge is -1.81. The summed E-state index contributed by atoms with van der Waals surface area (Å²) in [5.41, 5.74) is 1.26. The zero-order valence-corrected chi connectivity index (χ0v) is 7.41. The zero-order chi connectivity index (χ0) is 9.26. The summed E-state index contributed by atoms with van der Waals surface area (Å²) in [4.78, 5) is 4.22. The Hall–Kier alpha value is -1.70. The van der Waals surface area contributed by atoms with E-state index in [1.54, 1.807) is 12.3 Å². The van der Waals surface area contributed by atoms with Gasteiger partial charge in [0.25, 0.3) is 0 Å². The molecule has 0 aliphatic heterocycles. The van der Waals surface area contributed by atoms with Crippen LogP contribution in [0.25, 0.3) is 10.8 Å². The van der Waals surface area contributed by atoms with Crippen LogP contribution in [0.4, 0.5) is 0 Å². The van der Waals surface area contributed by atoms with Crippen LogP contribution in [0.1, 0.15) is 5.56 Å². The SMILES string of the molecule is Cc1ccc2c(=N/C=C\C=N)c2c1. The van der Waals surface area contributed by atoms with Crippen molar-refractivity contribution in [2.75, 3.05) is 0 Å². The van der Waals surface area contributed by atoms with Gasteiger partial charge >= 0.3 is 0 Å². The van der Waals surface area contributed by atoms with E-state index in [2.05, 4.69) is 30.1 Å². The molecule has 1 N–H and O–H groups in total. The number of fused-ring (bicyclic) bond motifs is 1. The zero-order valence-electron chi connectivity index (χ0n) is 7.41. The highest BCUT2D eigenvalue weighted by Crippen LogP contribution is 2.16. The molecule has 13 heavy (non-hydrogen) atoms. The number of rotatable bonds is 2. The van der Waals surface area contributed by atoms with Crippen LogP contribution in [0.3, 0.4) is 0 Å². The van der Waals surface area contributed by atoms with Crippen molar-refractivity contribution in [2.45, 2.75) is 6.92 Å². The van der Waals surface area contributed by atoms with Crippen LogP contribution >= 0.6 is 0 Å². The maximum atomic E-state index is 6.78. The molecule has 0 fully saturated rings. The summed E-state index contributed by atoms with van der Waals surface area (Å²) in [6, 6.07) is 6.30. The average molecular weight is 170 g/mol. The summed E-state index contributed by atoms with van der Waals surface area (Å²) in [6.07, 6.45) is 4.48. The van der Waals surface area contributed by atoms with Crippen LogP contribution in [-0.2, 0) is 0 Å². The van der Waals surface area contributed by atoms with Crippen molar-refractivity contribution in [3.63, 3.8) is 0 Å². The van der Waals surface area contributed by atoms with Crippen molar-refractivity contribution in [3.8, 4) is 0 Å². The van der Waals surface area contributed by atoms with E-state index < -0.39 is 0 Å². The molecule has 64 valence electrons. The van der Waals surface area contributed by atoms with Gasteiger partial charge in [-0.2, -0.15) is 0 Å². The summed E-state index contributed by atoms with van der Waals surface area (Å²) in [5, 5.41) is 10.3. The molecule has 2 rings (SSSR count). The maximum absolute atomic E-state index is 6.78. The fourth-order valence-corrected chi connectivity index (χ4v) is 1.31. The van der Waals surface area contributed by atoms with E-state index in [0.29, 0.717) is 0 Å². The van der Waals surface area contributed by atoms with Crippen LogP contribution in [0.5, 0.6) is 0 Å². The molecule has 0 radical (unpaired) electrons. The summed E-state index contributed by atoms with van der Waals surface area (Å²) < 4.78 is 0. The van der Waals surface area contributed by atoms with E-state index in [0.717, 1.165) is 5.36 Å². The van der Waals surface area contributed by atoms with Crippen molar-refractivity contribution in [1.82, 2.24) is 0 Å². The smallest absolute Gasteiger partial charge is 0.0787 e. The van der Waals surface area contributed by atoms with Crippen molar-refractivity contribution >= 4 is 17.0 Å². The lowest BCUT2D eigenvalue weighted by atomic mass is 10.2. The number of nitrogens with zero attached hydrogens (tertiary/aromatic N) is 1. The monoisotopic (exact) mass is 170 g/mol. The van der Waals surface area contributed by atoms with Gasteiger partial charge in [0.05, 0.1) is 5.36 Å². The first-order chi connectivity index (χ1) is 6.33. The molecule has 2 heteroatoms. The number of hydrogen-bond acceptors (Lipinski definition) is 2. The van der Waals surface area contributed by atoms with Crippen molar-refractivity contribution < 1.29 is 0 Å². The molecule has 0 heterocycles. The summed E-state index contributed by atoms with van der Waals surface area (Å²) >= 11 is 0. The van der Waals surface area contributed by atoms with Gasteiger partial charge in [-0.3, -0.25) is 4.99 Å². The largest absolute Gasteiger partial charge is 0.309 e. The molecule has 0 amide bonds. The number of aryl methyl sites for hydroxylation is 1. The van der Waals surface area contributed by atoms with E-state index in [1.165, 1.54) is 22.6 Å². The Kier molecular flexibility index (Phi) is 1.81. The molecule has 0 unspecified atom stereocenters. The lowest BCUT2D eigenvalue weighted by Crippen LogP contribution is -1.76. The Morgan fingerprint density at radius 1 is 1.31 bits per heavy atom. The Morgan fingerprint density at radius 2 is 2.15 bits per heavy atom. The highest BCUT2D eigenvalue weighted by Gasteiger charge is 2.07. The predicted molar refractivity (Wildman–Crippen MR) is 54.5 cm³/mol. The highest BCUT2D eigenvalue weighted by molar-refractivity contribution is 5.97. The lowest BCUT2D eigenvalue weighted by molar-refractivity contribution is 1.46. The molecule has 0 bridgehead atoms. The first-order valence-electron chi connectivity index (χ1n) is 4.18. The third-order valence-electron chi connectivity index (χ3n) is 2.01. The third kappa shape index (κ3) is 1.43. The van der Waals surface area contributed by atoms with Crippen molar-refractivity contribution in [3.05, 3.63) is 41.4 Å². The van der Waals surface area contributed by atoms with Crippen LogP contribution in [-0.4, -0.2) is 6.21 Å². The minimum absolute atomic E-state index is 1.06. The molecular formula is C11H10N2. The van der Waals surface area contributed by atoms with Crippen LogP contribution in [0.2, 0.25) is 0 Å². The molecular weight excluding hydrogens is 160 g/mol. The topological polar surface area (TPSA) is 36.2 Å². The number of nitrogens with one attached hydrogen (secondary N) is 1. The standard InChI is InChI=1S/C11H10N2/c1-8-3-4-9-10(7-8)11(9)13-6-2-5-12/h2-7,12H,1H3/b6-2-,12-5?,13-11?. The molecule has 0 spiro atoms. The van der Waals surface area contributed by atoms with Crippen LogP contribution in [0.15, 0.2) is 35.5 Å². The van der Waals surface area contributed by atoms with E-state index in [4.69, 9.17) is 5.41 Å². The fourth-order valence-electron chi connectivity index (χ4n) is 1.31. The van der Waals surface area contributed by atoms with Gasteiger partial charge in [0.1, 0.15) is 0 Å². The molecule has 0 saturated carbocycles. The minimum atomic E-state index is 1.06. The molecule has 2 aromatic rings. The third-order valence-corrected chi connectivity index (χ3v) is 2.01. The number of benzene rings is 1. The molecule has 0 aliphatic carbocycles. The Labute approximate surface area is 76.4 Å². The van der Waals surface area contributed by atoms with E-state index >= 15 is 0 Å². The molecule has 0 aromatic heterocycles. The molecule has 2 aromatic carbocycles.